The average molecular weight is 265 g/mol. The van der Waals surface area contributed by atoms with Gasteiger partial charge in [0.05, 0.1) is 5.56 Å². The third kappa shape index (κ3) is 2.27. The van der Waals surface area contributed by atoms with E-state index in [1.54, 1.807) is 10.6 Å². The summed E-state index contributed by atoms with van der Waals surface area (Å²) in [5.41, 5.74) is 2.27. The van der Waals surface area contributed by atoms with Gasteiger partial charge in [0.15, 0.2) is 0 Å². The number of aromatic nitrogens is 2. The molecule has 96 valence electrons. The molecule has 4 heteroatoms. The van der Waals surface area contributed by atoms with Crippen LogP contribution >= 0.6 is 11.6 Å². The van der Waals surface area contributed by atoms with Crippen LogP contribution in [0.4, 0.5) is 0 Å². The number of halogens is 1. The van der Waals surface area contributed by atoms with Crippen LogP contribution in [0, 0.1) is 5.92 Å². The predicted octanol–water partition coefficient (Wildman–Crippen LogP) is 3.11. The number of fused-ring (bicyclic) bond motifs is 1. The minimum Gasteiger partial charge on any atom is -0.269 e. The highest BCUT2D eigenvalue weighted by Crippen LogP contribution is 2.16. The Morgan fingerprint density at radius 1 is 1.44 bits per heavy atom. The number of aryl methyl sites for hydroxylation is 1. The van der Waals surface area contributed by atoms with Crippen LogP contribution < -0.4 is 5.56 Å². The van der Waals surface area contributed by atoms with Gasteiger partial charge in [-0.15, -0.1) is 0 Å². The standard InChI is InChI=1S/C14H17ClN2O/c1-4-10-6-5-7-17-13(10)16-12(15)11(14(17)18)8-9(2)3/h5-7,9H,4,8H2,1-3H3. The van der Waals surface area contributed by atoms with Crippen molar-refractivity contribution < 1.29 is 0 Å². The summed E-state index contributed by atoms with van der Waals surface area (Å²) >= 11 is 6.16. The van der Waals surface area contributed by atoms with E-state index in [1.165, 1.54) is 0 Å². The highest BCUT2D eigenvalue weighted by atomic mass is 35.5. The van der Waals surface area contributed by atoms with Crippen LogP contribution in [0.1, 0.15) is 31.9 Å². The largest absolute Gasteiger partial charge is 0.269 e. The zero-order valence-corrected chi connectivity index (χ0v) is 11.7. The molecule has 0 aliphatic heterocycles. The van der Waals surface area contributed by atoms with Gasteiger partial charge in [-0.3, -0.25) is 9.20 Å². The molecule has 2 aromatic rings. The summed E-state index contributed by atoms with van der Waals surface area (Å²) in [7, 11) is 0. The molecule has 0 saturated carbocycles. The second-order valence-corrected chi connectivity index (χ2v) is 5.22. The fraction of sp³-hybridized carbons (Fsp3) is 0.429. The van der Waals surface area contributed by atoms with E-state index in [4.69, 9.17) is 11.6 Å². The zero-order chi connectivity index (χ0) is 13.3. The highest BCUT2D eigenvalue weighted by molar-refractivity contribution is 6.30. The molecule has 0 radical (unpaired) electrons. The van der Waals surface area contributed by atoms with Gasteiger partial charge in [-0.25, -0.2) is 4.98 Å². The van der Waals surface area contributed by atoms with Gasteiger partial charge in [0.25, 0.3) is 5.56 Å². The second-order valence-electron chi connectivity index (χ2n) is 4.86. The van der Waals surface area contributed by atoms with Crippen LogP contribution in [0.15, 0.2) is 23.1 Å². The van der Waals surface area contributed by atoms with Crippen LogP contribution in [-0.4, -0.2) is 9.38 Å². The first-order chi connectivity index (χ1) is 8.54. The lowest BCUT2D eigenvalue weighted by atomic mass is 10.1. The first-order valence-electron chi connectivity index (χ1n) is 6.23. The molecule has 0 N–H and O–H groups in total. The molecule has 0 atom stereocenters. The Balaban J connectivity index is 2.75. The molecule has 0 amide bonds. The fourth-order valence-electron chi connectivity index (χ4n) is 2.08. The lowest BCUT2D eigenvalue weighted by Gasteiger charge is -2.10. The maximum atomic E-state index is 12.4. The van der Waals surface area contributed by atoms with Crippen LogP contribution in [0.2, 0.25) is 5.15 Å². The maximum Gasteiger partial charge on any atom is 0.262 e. The molecule has 3 nitrogen and oxygen atoms in total. The van der Waals surface area contributed by atoms with Crippen LogP contribution in [-0.2, 0) is 12.8 Å². The summed E-state index contributed by atoms with van der Waals surface area (Å²) < 4.78 is 1.60. The van der Waals surface area contributed by atoms with E-state index in [0.717, 1.165) is 12.0 Å². The molecule has 2 aromatic heterocycles. The Bertz CT molecular complexity index is 631. The summed E-state index contributed by atoms with van der Waals surface area (Å²) in [5, 5.41) is 0.342. The quantitative estimate of drug-likeness (QED) is 0.799. The molecule has 0 unspecified atom stereocenters. The van der Waals surface area contributed by atoms with Crippen molar-refractivity contribution in [1.82, 2.24) is 9.38 Å². The van der Waals surface area contributed by atoms with Crippen LogP contribution in [0.5, 0.6) is 0 Å². The number of rotatable bonds is 3. The molecular weight excluding hydrogens is 248 g/mol. The van der Waals surface area contributed by atoms with Gasteiger partial charge in [-0.1, -0.05) is 38.4 Å². The molecule has 0 spiro atoms. The van der Waals surface area contributed by atoms with E-state index in [9.17, 15) is 4.79 Å². The van der Waals surface area contributed by atoms with Gasteiger partial charge < -0.3 is 0 Å². The van der Waals surface area contributed by atoms with Crippen molar-refractivity contribution in [1.29, 1.82) is 0 Å². The molecule has 0 fully saturated rings. The van der Waals surface area contributed by atoms with E-state index in [-0.39, 0.29) is 5.56 Å². The smallest absolute Gasteiger partial charge is 0.262 e. The van der Waals surface area contributed by atoms with Gasteiger partial charge in [-0.2, -0.15) is 0 Å². The lowest BCUT2D eigenvalue weighted by molar-refractivity contribution is 0.639. The van der Waals surface area contributed by atoms with Gasteiger partial charge in [0.1, 0.15) is 10.8 Å². The monoisotopic (exact) mass is 264 g/mol. The Kier molecular flexibility index (Phi) is 3.71. The Morgan fingerprint density at radius 3 is 2.78 bits per heavy atom. The van der Waals surface area contributed by atoms with Crippen molar-refractivity contribution in [3.63, 3.8) is 0 Å². The van der Waals surface area contributed by atoms with Crippen molar-refractivity contribution in [3.05, 3.63) is 45.0 Å². The number of hydrogen-bond donors (Lipinski definition) is 0. The normalized spacial score (nSPS) is 11.4. The topological polar surface area (TPSA) is 34.4 Å². The number of hydrogen-bond acceptors (Lipinski definition) is 2. The summed E-state index contributed by atoms with van der Waals surface area (Å²) in [5.74, 6) is 0.379. The van der Waals surface area contributed by atoms with Crippen molar-refractivity contribution in [2.24, 2.45) is 5.92 Å². The van der Waals surface area contributed by atoms with E-state index < -0.39 is 0 Å². The minimum absolute atomic E-state index is 0.0472. The highest BCUT2D eigenvalue weighted by Gasteiger charge is 2.13. The van der Waals surface area contributed by atoms with Crippen molar-refractivity contribution in [3.8, 4) is 0 Å². The zero-order valence-electron chi connectivity index (χ0n) is 10.9. The Labute approximate surface area is 111 Å². The van der Waals surface area contributed by atoms with Crippen LogP contribution in [0.25, 0.3) is 5.65 Å². The van der Waals surface area contributed by atoms with Gasteiger partial charge >= 0.3 is 0 Å². The maximum absolute atomic E-state index is 12.4. The number of pyridine rings is 1. The van der Waals surface area contributed by atoms with Crippen molar-refractivity contribution >= 4 is 17.2 Å². The predicted molar refractivity (Wildman–Crippen MR) is 74.4 cm³/mol. The summed E-state index contributed by atoms with van der Waals surface area (Å²) in [6.07, 6.45) is 3.24. The summed E-state index contributed by atoms with van der Waals surface area (Å²) in [4.78, 5) is 16.8. The lowest BCUT2D eigenvalue weighted by Crippen LogP contribution is -2.22. The van der Waals surface area contributed by atoms with E-state index in [2.05, 4.69) is 18.8 Å². The van der Waals surface area contributed by atoms with E-state index >= 15 is 0 Å². The fourth-order valence-corrected chi connectivity index (χ4v) is 2.32. The molecule has 2 rings (SSSR count). The first-order valence-corrected chi connectivity index (χ1v) is 6.61. The summed E-state index contributed by atoms with van der Waals surface area (Å²) in [6, 6.07) is 3.85. The summed E-state index contributed by atoms with van der Waals surface area (Å²) in [6.45, 7) is 6.16. The molecule has 0 bridgehead atoms. The van der Waals surface area contributed by atoms with Gasteiger partial charge in [0, 0.05) is 6.20 Å². The third-order valence-corrected chi connectivity index (χ3v) is 3.28. The van der Waals surface area contributed by atoms with Crippen LogP contribution in [0.3, 0.4) is 0 Å². The van der Waals surface area contributed by atoms with Crippen molar-refractivity contribution in [2.75, 3.05) is 0 Å². The first kappa shape index (κ1) is 13.1. The molecule has 18 heavy (non-hydrogen) atoms. The van der Waals surface area contributed by atoms with E-state index in [0.29, 0.717) is 28.7 Å². The molecular formula is C14H17ClN2O. The molecule has 2 heterocycles. The SMILES string of the molecule is CCc1cccn2c(=O)c(CC(C)C)c(Cl)nc12. The molecule has 0 aliphatic rings. The minimum atomic E-state index is -0.0472. The number of nitrogens with zero attached hydrogens (tertiary/aromatic N) is 2. The third-order valence-electron chi connectivity index (χ3n) is 2.97. The molecule has 0 aliphatic carbocycles. The average Bonchev–Trinajstić information content (AvgIpc) is 2.33. The van der Waals surface area contributed by atoms with E-state index in [1.807, 2.05) is 19.1 Å². The van der Waals surface area contributed by atoms with Crippen molar-refractivity contribution in [2.45, 2.75) is 33.6 Å². The Morgan fingerprint density at radius 2 is 2.17 bits per heavy atom. The van der Waals surface area contributed by atoms with Gasteiger partial charge in [-0.05, 0) is 30.4 Å². The Hall–Kier alpha value is -1.35. The van der Waals surface area contributed by atoms with Gasteiger partial charge in [0.2, 0.25) is 0 Å². The molecule has 0 saturated heterocycles. The molecule has 0 aromatic carbocycles. The second kappa shape index (κ2) is 5.11.